The number of hydrogen-bond donors (Lipinski definition) is 3. The van der Waals surface area contributed by atoms with E-state index in [1.807, 2.05) is 101 Å². The van der Waals surface area contributed by atoms with Crippen molar-refractivity contribution < 1.29 is 24.3 Å². The molecular weight excluding hydrogens is 667 g/mol. The molecule has 0 unspecified atom stereocenters. The summed E-state index contributed by atoms with van der Waals surface area (Å²) >= 11 is 0. The van der Waals surface area contributed by atoms with Gasteiger partial charge in [0.2, 0.25) is 23.6 Å². The lowest BCUT2D eigenvalue weighted by molar-refractivity contribution is -0.142. The number of carbonyl (C=O) groups excluding carboxylic acids is 4. The molecule has 2 saturated heterocycles. The van der Waals surface area contributed by atoms with Crippen LogP contribution in [0.25, 0.3) is 0 Å². The number of nitrogens with zero attached hydrogens (tertiary/aromatic N) is 3. The highest BCUT2D eigenvalue weighted by Crippen LogP contribution is 2.31. The molecule has 2 aliphatic rings. The largest absolute Gasteiger partial charge is 0.386 e. The Balaban J connectivity index is 1.52. The molecule has 6 atom stereocenters. The minimum Gasteiger partial charge on any atom is -0.386 e. The van der Waals surface area contributed by atoms with Gasteiger partial charge in [0.1, 0.15) is 18.2 Å². The molecular formula is C43H63N5O5. The summed E-state index contributed by atoms with van der Waals surface area (Å²) in [6.45, 7) is 17.1. The van der Waals surface area contributed by atoms with Crippen LogP contribution in [0, 0.1) is 11.3 Å². The molecule has 0 bridgehead atoms. The topological polar surface area (TPSA) is 122 Å². The normalized spacial score (nSPS) is 20.8. The van der Waals surface area contributed by atoms with Gasteiger partial charge >= 0.3 is 0 Å². The fourth-order valence-corrected chi connectivity index (χ4v) is 7.78. The fraction of sp³-hybridized carbons (Fsp3) is 0.581. The van der Waals surface area contributed by atoms with E-state index < -0.39 is 35.7 Å². The lowest BCUT2D eigenvalue weighted by atomic mass is 9.84. The van der Waals surface area contributed by atoms with Crippen LogP contribution in [-0.2, 0) is 19.2 Å². The molecule has 0 saturated carbocycles. The first kappa shape index (κ1) is 41.7. The molecule has 10 nitrogen and oxygen atoms in total. The third-order valence-electron chi connectivity index (χ3n) is 10.9. The van der Waals surface area contributed by atoms with E-state index in [0.717, 1.165) is 31.4 Å². The molecule has 290 valence electrons. The molecule has 2 aromatic rings. The maximum Gasteiger partial charge on any atom is 0.249 e. The zero-order valence-corrected chi connectivity index (χ0v) is 33.3. The quantitative estimate of drug-likeness (QED) is 0.225. The van der Waals surface area contributed by atoms with E-state index in [1.165, 1.54) is 0 Å². The van der Waals surface area contributed by atoms with Crippen LogP contribution in [0.5, 0.6) is 0 Å². The Morgan fingerprint density at radius 2 is 1.38 bits per heavy atom. The van der Waals surface area contributed by atoms with Crippen molar-refractivity contribution in [1.82, 2.24) is 25.3 Å². The van der Waals surface area contributed by atoms with Crippen LogP contribution in [0.1, 0.15) is 111 Å². The first-order chi connectivity index (χ1) is 25.0. The van der Waals surface area contributed by atoms with Crippen LogP contribution in [0.2, 0.25) is 0 Å². The predicted molar refractivity (Wildman–Crippen MR) is 209 cm³/mol. The Kier molecular flexibility index (Phi) is 14.4. The minimum absolute atomic E-state index is 0.0402. The first-order valence-corrected chi connectivity index (χ1v) is 19.4. The Morgan fingerprint density at radius 1 is 0.811 bits per heavy atom. The highest BCUT2D eigenvalue weighted by molar-refractivity contribution is 5.97. The summed E-state index contributed by atoms with van der Waals surface area (Å²) in [6, 6.07) is 15.9. The smallest absolute Gasteiger partial charge is 0.249 e. The summed E-state index contributed by atoms with van der Waals surface area (Å²) in [5.41, 5.74) is 1.32. The zero-order valence-electron chi connectivity index (χ0n) is 33.3. The van der Waals surface area contributed by atoms with Crippen molar-refractivity contribution in [1.29, 1.82) is 0 Å². The van der Waals surface area contributed by atoms with Gasteiger partial charge in [-0.2, -0.15) is 0 Å². The highest BCUT2D eigenvalue weighted by Gasteiger charge is 2.41. The molecule has 3 N–H and O–H groups in total. The molecule has 0 aromatic heterocycles. The van der Waals surface area contributed by atoms with Gasteiger partial charge in [-0.05, 0) is 75.5 Å². The second kappa shape index (κ2) is 18.3. The Morgan fingerprint density at radius 3 is 1.94 bits per heavy atom. The summed E-state index contributed by atoms with van der Waals surface area (Å²) in [7, 11) is 1.74. The second-order valence-corrected chi connectivity index (χ2v) is 16.6. The maximum atomic E-state index is 14.3. The SMILES string of the molecule is CC(=C[C@H](C(C)C)N(C)C(=O)[C@@H](NC(=O)[C@H]1CCCCN1C(C)C)C(C)(C)C)C(=O)N1CCC[C@H]1C(=O)N[C@@H](c1ccccc1)[C@@H](O)c1ccccc1. The molecule has 10 heteroatoms. The van der Waals surface area contributed by atoms with Crippen LogP contribution in [0.4, 0.5) is 0 Å². The predicted octanol–water partition coefficient (Wildman–Crippen LogP) is 5.79. The number of benzene rings is 2. The lowest BCUT2D eigenvalue weighted by Gasteiger charge is -2.41. The van der Waals surface area contributed by atoms with Gasteiger partial charge in [-0.25, -0.2) is 0 Å². The Labute approximate surface area is 317 Å². The average Bonchev–Trinajstić information content (AvgIpc) is 3.64. The van der Waals surface area contributed by atoms with Gasteiger partial charge < -0.3 is 25.5 Å². The van der Waals surface area contributed by atoms with E-state index >= 15 is 0 Å². The number of likely N-dealkylation sites (N-methyl/N-ethyl adjacent to an activating group) is 1. The molecule has 0 radical (unpaired) electrons. The molecule has 0 aliphatic carbocycles. The average molecular weight is 730 g/mol. The molecule has 2 aliphatic heterocycles. The molecule has 53 heavy (non-hydrogen) atoms. The number of likely N-dealkylation sites (tertiary alicyclic amines) is 2. The molecule has 4 amide bonds. The summed E-state index contributed by atoms with van der Waals surface area (Å²) in [5, 5.41) is 17.6. The zero-order chi connectivity index (χ0) is 39.0. The van der Waals surface area contributed by atoms with Crippen LogP contribution >= 0.6 is 0 Å². The first-order valence-electron chi connectivity index (χ1n) is 19.4. The molecule has 4 rings (SSSR count). The third kappa shape index (κ3) is 10.4. The van der Waals surface area contributed by atoms with E-state index in [2.05, 4.69) is 29.4 Å². The van der Waals surface area contributed by atoms with E-state index in [9.17, 15) is 24.3 Å². The number of aliphatic hydroxyl groups is 1. The van der Waals surface area contributed by atoms with E-state index in [4.69, 9.17) is 0 Å². The van der Waals surface area contributed by atoms with Gasteiger partial charge in [-0.15, -0.1) is 0 Å². The van der Waals surface area contributed by atoms with E-state index in [1.54, 1.807) is 23.8 Å². The van der Waals surface area contributed by atoms with Gasteiger partial charge in [-0.1, -0.05) is 108 Å². The number of amides is 4. The monoisotopic (exact) mass is 729 g/mol. The lowest BCUT2D eigenvalue weighted by Crippen LogP contribution is -2.60. The van der Waals surface area contributed by atoms with Gasteiger partial charge in [0, 0.05) is 25.2 Å². The van der Waals surface area contributed by atoms with Crippen molar-refractivity contribution in [3.8, 4) is 0 Å². The molecule has 0 spiro atoms. The van der Waals surface area contributed by atoms with Crippen molar-refractivity contribution in [2.45, 2.75) is 130 Å². The van der Waals surface area contributed by atoms with E-state index in [0.29, 0.717) is 30.5 Å². The van der Waals surface area contributed by atoms with Crippen molar-refractivity contribution in [2.75, 3.05) is 20.1 Å². The van der Waals surface area contributed by atoms with Crippen LogP contribution in [0.3, 0.4) is 0 Å². The summed E-state index contributed by atoms with van der Waals surface area (Å²) in [6.07, 6.45) is 4.80. The number of aliphatic hydroxyl groups excluding tert-OH is 1. The van der Waals surface area contributed by atoms with Crippen LogP contribution in [0.15, 0.2) is 72.3 Å². The number of carbonyl (C=O) groups is 4. The van der Waals surface area contributed by atoms with Gasteiger partial charge in [0.15, 0.2) is 0 Å². The van der Waals surface area contributed by atoms with Gasteiger partial charge in [-0.3, -0.25) is 24.1 Å². The Hall–Kier alpha value is -4.02. The second-order valence-electron chi connectivity index (χ2n) is 16.6. The number of piperidine rings is 1. The van der Waals surface area contributed by atoms with Crippen molar-refractivity contribution in [3.63, 3.8) is 0 Å². The summed E-state index contributed by atoms with van der Waals surface area (Å²) in [5.74, 6) is -0.956. The number of hydrogen-bond acceptors (Lipinski definition) is 6. The molecule has 2 heterocycles. The van der Waals surface area contributed by atoms with E-state index in [-0.39, 0.29) is 41.6 Å². The fourth-order valence-electron chi connectivity index (χ4n) is 7.78. The van der Waals surface area contributed by atoms with Crippen molar-refractivity contribution in [2.24, 2.45) is 11.3 Å². The number of rotatable bonds is 13. The van der Waals surface area contributed by atoms with Crippen molar-refractivity contribution in [3.05, 3.63) is 83.4 Å². The third-order valence-corrected chi connectivity index (χ3v) is 10.9. The number of nitrogens with one attached hydrogen (secondary N) is 2. The summed E-state index contributed by atoms with van der Waals surface area (Å²) < 4.78 is 0. The van der Waals surface area contributed by atoms with Crippen LogP contribution in [-0.4, -0.2) is 93.8 Å². The Bertz CT molecular complexity index is 1570. The highest BCUT2D eigenvalue weighted by atomic mass is 16.3. The maximum absolute atomic E-state index is 14.3. The molecule has 2 aromatic carbocycles. The minimum atomic E-state index is -0.992. The summed E-state index contributed by atoms with van der Waals surface area (Å²) in [4.78, 5) is 61.5. The van der Waals surface area contributed by atoms with Gasteiger partial charge in [0.05, 0.1) is 18.1 Å². The van der Waals surface area contributed by atoms with Crippen LogP contribution < -0.4 is 10.6 Å². The van der Waals surface area contributed by atoms with Crippen molar-refractivity contribution >= 4 is 23.6 Å². The standard InChI is InChI=1S/C43H63N5O5/c1-28(2)35(46(9)42(53)38(43(6,7)8)45-40(51)33-23-16-17-25-47(33)29(3)4)27-30(5)41(52)48-26-18-24-34(48)39(50)44-36(31-19-12-10-13-20-31)37(49)32-21-14-11-15-22-32/h10-15,19-22,27-29,33-38,49H,16-18,23-26H2,1-9H3,(H,44,50)(H,45,51)/t33-,34+,35-,36+,37+,38-/m1/s1. The molecule has 2 fully saturated rings. The van der Waals surface area contributed by atoms with Gasteiger partial charge in [0.25, 0.3) is 0 Å².